The maximum absolute atomic E-state index is 11.4. The fourth-order valence-electron chi connectivity index (χ4n) is 1.76. The summed E-state index contributed by atoms with van der Waals surface area (Å²) in [7, 11) is -1.60. The van der Waals surface area contributed by atoms with Gasteiger partial charge in [0.2, 0.25) is 15.8 Å². The Morgan fingerprint density at radius 3 is 2.70 bits per heavy atom. The van der Waals surface area contributed by atoms with Crippen molar-refractivity contribution in [1.29, 1.82) is 0 Å². The minimum atomic E-state index is -3.20. The minimum Gasteiger partial charge on any atom is -0.363 e. The number of aryl methyl sites for hydroxylation is 1. The van der Waals surface area contributed by atoms with Gasteiger partial charge in [-0.05, 0) is 6.42 Å². The number of rotatable bonds is 8. The van der Waals surface area contributed by atoms with Crippen molar-refractivity contribution in [3.05, 3.63) is 16.3 Å². The Balaban J connectivity index is 2.51. The average molecular weight is 305 g/mol. The van der Waals surface area contributed by atoms with Crippen molar-refractivity contribution in [3.8, 4) is 0 Å². The molecule has 1 N–H and O–H groups in total. The maximum atomic E-state index is 11.4. The minimum absolute atomic E-state index is 0.0945. The summed E-state index contributed by atoms with van der Waals surface area (Å²) in [6, 6.07) is 0. The van der Waals surface area contributed by atoms with Crippen molar-refractivity contribution in [3.63, 3.8) is 0 Å². The van der Waals surface area contributed by atoms with Crippen LogP contribution in [0.5, 0.6) is 0 Å². The molecule has 1 aromatic heterocycles. The third-order valence-electron chi connectivity index (χ3n) is 2.70. The average Bonchev–Trinajstić information content (AvgIpc) is 2.69. The van der Waals surface area contributed by atoms with Gasteiger partial charge in [0.25, 0.3) is 0 Å². The van der Waals surface area contributed by atoms with Crippen LogP contribution in [-0.2, 0) is 17.1 Å². The van der Waals surface area contributed by atoms with Gasteiger partial charge >= 0.3 is 5.69 Å². The molecule has 10 heteroatoms. The molecule has 0 unspecified atom stereocenters. The molecular weight excluding hydrogens is 286 g/mol. The predicted molar refractivity (Wildman–Crippen MR) is 75.1 cm³/mol. The van der Waals surface area contributed by atoms with E-state index in [2.05, 4.69) is 10.4 Å². The quantitative estimate of drug-likeness (QED) is 0.423. The molecule has 0 aliphatic heterocycles. The molecule has 9 nitrogen and oxygen atoms in total. The summed E-state index contributed by atoms with van der Waals surface area (Å²) >= 11 is 0. The van der Waals surface area contributed by atoms with Gasteiger partial charge in [-0.2, -0.15) is 0 Å². The lowest BCUT2D eigenvalue weighted by molar-refractivity contribution is -0.384. The molecule has 1 rings (SSSR count). The predicted octanol–water partition coefficient (Wildman–Crippen LogP) is 0.412. The molecule has 0 saturated heterocycles. The SMILES string of the molecule is CCN(CCCNc1nn(C)cc1[N+](=O)[O-])S(C)(=O)=O. The van der Waals surface area contributed by atoms with Crippen LogP contribution >= 0.6 is 0 Å². The van der Waals surface area contributed by atoms with Crippen LogP contribution < -0.4 is 5.32 Å². The molecule has 0 fully saturated rings. The van der Waals surface area contributed by atoms with Crippen molar-refractivity contribution in [2.45, 2.75) is 13.3 Å². The van der Waals surface area contributed by atoms with E-state index in [0.717, 1.165) is 6.26 Å². The zero-order valence-electron chi connectivity index (χ0n) is 11.7. The molecule has 0 amide bonds. The highest BCUT2D eigenvalue weighted by molar-refractivity contribution is 7.88. The van der Waals surface area contributed by atoms with Crippen LogP contribution in [0.4, 0.5) is 11.5 Å². The second kappa shape index (κ2) is 6.66. The van der Waals surface area contributed by atoms with Crippen LogP contribution in [0.25, 0.3) is 0 Å². The summed E-state index contributed by atoms with van der Waals surface area (Å²) in [6.07, 6.45) is 3.01. The van der Waals surface area contributed by atoms with Crippen molar-refractivity contribution < 1.29 is 13.3 Å². The number of sulfonamides is 1. The molecular formula is C10H19N5O4S. The Kier molecular flexibility index (Phi) is 5.45. The summed E-state index contributed by atoms with van der Waals surface area (Å²) in [5.74, 6) is 0.194. The van der Waals surface area contributed by atoms with E-state index in [-0.39, 0.29) is 11.5 Å². The highest BCUT2D eigenvalue weighted by atomic mass is 32.2. The lowest BCUT2D eigenvalue weighted by Crippen LogP contribution is -2.31. The number of aromatic nitrogens is 2. The molecule has 0 bridgehead atoms. The maximum Gasteiger partial charge on any atom is 0.330 e. The van der Waals surface area contributed by atoms with Gasteiger partial charge < -0.3 is 5.32 Å². The zero-order valence-corrected chi connectivity index (χ0v) is 12.6. The van der Waals surface area contributed by atoms with Gasteiger partial charge in [-0.15, -0.1) is 5.10 Å². The Labute approximate surface area is 117 Å². The summed E-state index contributed by atoms with van der Waals surface area (Å²) in [5, 5.41) is 17.6. The van der Waals surface area contributed by atoms with Crippen molar-refractivity contribution in [2.24, 2.45) is 7.05 Å². The molecule has 0 atom stereocenters. The number of nitrogens with zero attached hydrogens (tertiary/aromatic N) is 4. The van der Waals surface area contributed by atoms with E-state index in [0.29, 0.717) is 26.1 Å². The van der Waals surface area contributed by atoms with Gasteiger partial charge in [0.05, 0.1) is 11.2 Å². The monoisotopic (exact) mass is 305 g/mol. The second-order valence-electron chi connectivity index (χ2n) is 4.33. The van der Waals surface area contributed by atoms with Gasteiger partial charge in [0.15, 0.2) is 0 Å². The molecule has 1 heterocycles. The smallest absolute Gasteiger partial charge is 0.330 e. The van der Waals surface area contributed by atoms with E-state index in [1.54, 1.807) is 14.0 Å². The van der Waals surface area contributed by atoms with E-state index < -0.39 is 14.9 Å². The van der Waals surface area contributed by atoms with Gasteiger partial charge in [-0.3, -0.25) is 14.8 Å². The fraction of sp³-hybridized carbons (Fsp3) is 0.700. The second-order valence-corrected chi connectivity index (χ2v) is 6.31. The first kappa shape index (κ1) is 16.4. The van der Waals surface area contributed by atoms with E-state index in [9.17, 15) is 18.5 Å². The topological polar surface area (TPSA) is 110 Å². The third-order valence-corrected chi connectivity index (χ3v) is 4.08. The van der Waals surface area contributed by atoms with E-state index >= 15 is 0 Å². The lowest BCUT2D eigenvalue weighted by atomic mass is 10.4. The Bertz CT molecular complexity index is 568. The van der Waals surface area contributed by atoms with Crippen molar-refractivity contribution >= 4 is 21.5 Å². The lowest BCUT2D eigenvalue weighted by Gasteiger charge is -2.17. The molecule has 1 aromatic rings. The highest BCUT2D eigenvalue weighted by Crippen LogP contribution is 2.21. The highest BCUT2D eigenvalue weighted by Gasteiger charge is 2.18. The molecule has 0 aliphatic carbocycles. The third kappa shape index (κ3) is 4.46. The number of nitrogens with one attached hydrogen (secondary N) is 1. The van der Waals surface area contributed by atoms with E-state index in [1.807, 2.05) is 0 Å². The molecule has 0 radical (unpaired) electrons. The van der Waals surface area contributed by atoms with Crippen molar-refractivity contribution in [1.82, 2.24) is 14.1 Å². The van der Waals surface area contributed by atoms with Crippen LogP contribution in [-0.4, -0.2) is 53.3 Å². The Morgan fingerprint density at radius 1 is 1.55 bits per heavy atom. The summed E-state index contributed by atoms with van der Waals surface area (Å²) in [4.78, 5) is 10.3. The zero-order chi connectivity index (χ0) is 15.3. The van der Waals surface area contributed by atoms with Gasteiger partial charge in [0, 0.05) is 26.7 Å². The molecule has 0 aliphatic rings. The fourth-order valence-corrected chi connectivity index (χ4v) is 2.69. The summed E-state index contributed by atoms with van der Waals surface area (Å²) in [5.41, 5.74) is -0.0945. The number of hydrogen-bond acceptors (Lipinski definition) is 6. The first-order valence-corrected chi connectivity index (χ1v) is 7.97. The van der Waals surface area contributed by atoms with Gasteiger partial charge in [-0.25, -0.2) is 12.7 Å². The summed E-state index contributed by atoms with van der Waals surface area (Å²) < 4.78 is 25.5. The van der Waals surface area contributed by atoms with E-state index in [1.165, 1.54) is 15.2 Å². The molecule has 114 valence electrons. The standard InChI is InChI=1S/C10H19N5O4S/c1-4-14(20(3,18)19)7-5-6-11-10-9(15(16)17)8-13(2)12-10/h8H,4-7H2,1-3H3,(H,11,12). The molecule has 0 spiro atoms. The Hall–Kier alpha value is -1.68. The number of hydrogen-bond donors (Lipinski definition) is 1. The Morgan fingerprint density at radius 2 is 2.20 bits per heavy atom. The summed E-state index contributed by atoms with van der Waals surface area (Å²) in [6.45, 7) is 2.94. The van der Waals surface area contributed by atoms with Crippen LogP contribution in [0.2, 0.25) is 0 Å². The normalized spacial score (nSPS) is 11.8. The van der Waals surface area contributed by atoms with Crippen LogP contribution in [0.3, 0.4) is 0 Å². The number of anilines is 1. The van der Waals surface area contributed by atoms with Gasteiger partial charge in [-0.1, -0.05) is 6.92 Å². The first-order valence-electron chi connectivity index (χ1n) is 6.12. The molecule has 0 saturated carbocycles. The van der Waals surface area contributed by atoms with Crippen LogP contribution in [0.15, 0.2) is 6.20 Å². The molecule has 20 heavy (non-hydrogen) atoms. The molecule has 0 aromatic carbocycles. The van der Waals surface area contributed by atoms with E-state index in [4.69, 9.17) is 0 Å². The van der Waals surface area contributed by atoms with Crippen molar-refractivity contribution in [2.75, 3.05) is 31.2 Å². The number of nitro groups is 1. The first-order chi connectivity index (χ1) is 9.25. The van der Waals surface area contributed by atoms with Crippen LogP contribution in [0, 0.1) is 10.1 Å². The van der Waals surface area contributed by atoms with Gasteiger partial charge in [0.1, 0.15) is 6.20 Å². The van der Waals surface area contributed by atoms with Crippen LogP contribution in [0.1, 0.15) is 13.3 Å². The largest absolute Gasteiger partial charge is 0.363 e.